The molecule has 0 saturated carbocycles. The van der Waals surface area contributed by atoms with Crippen molar-refractivity contribution in [2.24, 2.45) is 0 Å². The van der Waals surface area contributed by atoms with Gasteiger partial charge in [0.2, 0.25) is 5.13 Å². The number of carboxylic acid groups (broad SMARTS) is 1. The van der Waals surface area contributed by atoms with Gasteiger partial charge in [0.25, 0.3) is 10.1 Å². The molecule has 1 atom stereocenters. The lowest BCUT2D eigenvalue weighted by molar-refractivity contribution is -0.139. The minimum absolute atomic E-state index is 0.242. The molecular formula is C20H21N5O6S2. The second kappa shape index (κ2) is 8.70. The topological polar surface area (TPSA) is 153 Å². The summed E-state index contributed by atoms with van der Waals surface area (Å²) in [4.78, 5) is 16.2. The van der Waals surface area contributed by atoms with Gasteiger partial charge in [-0.1, -0.05) is 35.6 Å². The fourth-order valence-corrected chi connectivity index (χ4v) is 4.60. The van der Waals surface area contributed by atoms with E-state index in [4.69, 9.17) is 9.84 Å². The van der Waals surface area contributed by atoms with Gasteiger partial charge in [0, 0.05) is 4.88 Å². The first-order valence-corrected chi connectivity index (χ1v) is 11.9. The highest BCUT2D eigenvalue weighted by Gasteiger charge is 2.42. The van der Waals surface area contributed by atoms with Crippen molar-refractivity contribution >= 4 is 32.6 Å². The van der Waals surface area contributed by atoms with E-state index in [0.29, 0.717) is 22.0 Å². The van der Waals surface area contributed by atoms with Crippen LogP contribution in [0.4, 0.5) is 5.13 Å². The molecule has 11 nitrogen and oxygen atoms in total. The van der Waals surface area contributed by atoms with Crippen LogP contribution in [-0.4, -0.2) is 35.6 Å². The number of aromatic nitrogens is 1. The first-order chi connectivity index (χ1) is 15.6. The van der Waals surface area contributed by atoms with Gasteiger partial charge in [-0.3, -0.25) is 4.55 Å². The summed E-state index contributed by atoms with van der Waals surface area (Å²) in [6.45, 7) is 3.37. The van der Waals surface area contributed by atoms with Gasteiger partial charge < -0.3 is 9.84 Å². The molecule has 1 aliphatic heterocycles. The van der Waals surface area contributed by atoms with Crippen molar-refractivity contribution in [1.82, 2.24) is 21.4 Å². The molecule has 0 amide bonds. The molecule has 4 rings (SSSR count). The second-order valence-electron chi connectivity index (χ2n) is 7.28. The highest BCUT2D eigenvalue weighted by Crippen LogP contribution is 2.34. The van der Waals surface area contributed by atoms with Crippen molar-refractivity contribution in [2.45, 2.75) is 24.4 Å². The van der Waals surface area contributed by atoms with Gasteiger partial charge in [0.05, 0.1) is 10.6 Å². The number of carboxylic acids is 1. The molecule has 1 fully saturated rings. The summed E-state index contributed by atoms with van der Waals surface area (Å²) in [6.07, 6.45) is 0. The monoisotopic (exact) mass is 491 g/mol. The maximum absolute atomic E-state index is 11.5. The van der Waals surface area contributed by atoms with Crippen LogP contribution in [0.15, 0.2) is 53.4 Å². The fourth-order valence-electron chi connectivity index (χ4n) is 3.29. The zero-order valence-electron chi connectivity index (χ0n) is 17.6. The fraction of sp³-hybridized carbons (Fsp3) is 0.200. The van der Waals surface area contributed by atoms with E-state index < -0.39 is 28.4 Å². The van der Waals surface area contributed by atoms with Gasteiger partial charge in [-0.05, 0) is 49.2 Å². The van der Waals surface area contributed by atoms with Gasteiger partial charge >= 0.3 is 5.97 Å². The summed E-state index contributed by atoms with van der Waals surface area (Å²) < 4.78 is 37.6. The largest absolute Gasteiger partial charge is 0.482 e. The summed E-state index contributed by atoms with van der Waals surface area (Å²) in [5, 5.41) is 11.2. The number of thiazole rings is 1. The first kappa shape index (κ1) is 23.1. The molecule has 174 valence electrons. The number of rotatable bonds is 7. The Bertz CT molecular complexity index is 1280. The number of aryl methyl sites for hydroxylation is 2. The third-order valence-electron chi connectivity index (χ3n) is 5.06. The second-order valence-corrected chi connectivity index (χ2v) is 9.88. The number of anilines is 1. The average molecular weight is 492 g/mol. The summed E-state index contributed by atoms with van der Waals surface area (Å²) in [6, 6.07) is 12.5. The standard InChI is InChI=1S/C20H21N5O6S2/c1-12-13(2)32-19(21-12)25-23-20(22-24-25,14-6-8-17(9-7-14)33(28,29)30)15-4-3-5-16(10-15)31-11-18(26)27/h3-10,22-24H,11H2,1-2H3,(H,26,27)(H,28,29,30). The van der Waals surface area contributed by atoms with Crippen LogP contribution in [0.25, 0.3) is 0 Å². The van der Waals surface area contributed by atoms with Crippen LogP contribution in [0.5, 0.6) is 5.75 Å². The zero-order chi connectivity index (χ0) is 23.8. The van der Waals surface area contributed by atoms with Crippen LogP contribution < -0.4 is 26.2 Å². The number of carbonyl (C=O) groups is 1. The number of nitrogens with one attached hydrogen (secondary N) is 3. The number of benzene rings is 2. The van der Waals surface area contributed by atoms with E-state index in [0.717, 1.165) is 10.6 Å². The Morgan fingerprint density at radius 3 is 2.52 bits per heavy atom. The summed E-state index contributed by atoms with van der Waals surface area (Å²) in [7, 11) is -4.36. The van der Waals surface area contributed by atoms with E-state index >= 15 is 0 Å². The lowest BCUT2D eigenvalue weighted by atomic mass is 9.92. The van der Waals surface area contributed by atoms with Crippen molar-refractivity contribution < 1.29 is 27.6 Å². The van der Waals surface area contributed by atoms with E-state index in [9.17, 15) is 17.8 Å². The SMILES string of the molecule is Cc1nc(N2NNC(c3ccc(S(=O)(=O)O)cc3)(c3cccc(OCC(=O)O)c3)N2)sc1C. The molecule has 13 heteroatoms. The molecule has 1 aliphatic rings. The van der Waals surface area contributed by atoms with Crippen molar-refractivity contribution in [3.05, 3.63) is 70.2 Å². The zero-order valence-corrected chi connectivity index (χ0v) is 19.2. The Morgan fingerprint density at radius 2 is 1.91 bits per heavy atom. The maximum Gasteiger partial charge on any atom is 0.341 e. The first-order valence-electron chi connectivity index (χ1n) is 9.66. The van der Waals surface area contributed by atoms with E-state index in [-0.39, 0.29) is 4.90 Å². The van der Waals surface area contributed by atoms with Gasteiger partial charge in [-0.25, -0.2) is 15.2 Å². The molecule has 0 spiro atoms. The normalized spacial score (nSPS) is 18.5. The van der Waals surface area contributed by atoms with Crippen molar-refractivity contribution in [1.29, 1.82) is 0 Å². The quantitative estimate of drug-likeness (QED) is 0.307. The smallest absolute Gasteiger partial charge is 0.341 e. The average Bonchev–Trinajstić information content (AvgIpc) is 3.37. The predicted molar refractivity (Wildman–Crippen MR) is 120 cm³/mol. The van der Waals surface area contributed by atoms with Crippen LogP contribution in [0.2, 0.25) is 0 Å². The Kier molecular flexibility index (Phi) is 6.09. The van der Waals surface area contributed by atoms with E-state index in [1.54, 1.807) is 41.5 Å². The lowest BCUT2D eigenvalue weighted by Crippen LogP contribution is -2.49. The third-order valence-corrected chi connectivity index (χ3v) is 6.98. The Labute approximate surface area is 193 Å². The highest BCUT2D eigenvalue weighted by molar-refractivity contribution is 7.85. The summed E-state index contributed by atoms with van der Waals surface area (Å²) in [5.41, 5.74) is 10.5. The van der Waals surface area contributed by atoms with E-state index in [1.165, 1.54) is 23.5 Å². The van der Waals surface area contributed by atoms with Crippen LogP contribution >= 0.6 is 11.3 Å². The van der Waals surface area contributed by atoms with Crippen LogP contribution in [-0.2, 0) is 20.6 Å². The molecule has 2 aromatic carbocycles. The molecule has 1 aromatic heterocycles. The Morgan fingerprint density at radius 1 is 1.18 bits per heavy atom. The third kappa shape index (κ3) is 4.68. The number of aliphatic carboxylic acids is 1. The van der Waals surface area contributed by atoms with E-state index in [1.807, 2.05) is 13.8 Å². The number of hydrogen-bond acceptors (Lipinski definition) is 10. The minimum Gasteiger partial charge on any atom is -0.482 e. The van der Waals surface area contributed by atoms with Crippen molar-refractivity contribution in [2.75, 3.05) is 11.7 Å². The number of nitrogens with zero attached hydrogens (tertiary/aromatic N) is 2. The van der Waals surface area contributed by atoms with Gasteiger partial charge in [0.15, 0.2) is 12.3 Å². The molecule has 3 aromatic rings. The molecule has 0 bridgehead atoms. The van der Waals surface area contributed by atoms with Gasteiger partial charge in [-0.2, -0.15) is 19.0 Å². The lowest BCUT2D eigenvalue weighted by Gasteiger charge is -2.30. The Balaban J connectivity index is 1.76. The number of hydrogen-bond donors (Lipinski definition) is 5. The highest BCUT2D eigenvalue weighted by atomic mass is 32.2. The van der Waals surface area contributed by atoms with Crippen LogP contribution in [0.1, 0.15) is 21.7 Å². The predicted octanol–water partition coefficient (Wildman–Crippen LogP) is 1.71. The van der Waals surface area contributed by atoms with Gasteiger partial charge in [0.1, 0.15) is 5.75 Å². The molecular weight excluding hydrogens is 470 g/mol. The number of hydrazine groups is 3. The summed E-state index contributed by atoms with van der Waals surface area (Å²) in [5.74, 6) is -0.762. The molecule has 1 unspecified atom stereocenters. The number of ether oxygens (including phenoxy) is 1. The van der Waals surface area contributed by atoms with E-state index in [2.05, 4.69) is 21.4 Å². The molecule has 0 aliphatic carbocycles. The minimum atomic E-state index is -4.36. The van der Waals surface area contributed by atoms with Crippen molar-refractivity contribution in [3.8, 4) is 5.75 Å². The van der Waals surface area contributed by atoms with Crippen molar-refractivity contribution in [3.63, 3.8) is 0 Å². The maximum atomic E-state index is 11.5. The van der Waals surface area contributed by atoms with Crippen LogP contribution in [0.3, 0.4) is 0 Å². The van der Waals surface area contributed by atoms with Crippen LogP contribution in [0, 0.1) is 13.8 Å². The molecule has 0 radical (unpaired) electrons. The molecule has 1 saturated heterocycles. The molecule has 33 heavy (non-hydrogen) atoms. The molecule has 2 heterocycles. The molecule has 5 N–H and O–H groups in total. The Hall–Kier alpha value is -3.07. The summed E-state index contributed by atoms with van der Waals surface area (Å²) >= 11 is 1.47. The van der Waals surface area contributed by atoms with Gasteiger partial charge in [-0.15, -0.1) is 5.53 Å².